The van der Waals surface area contributed by atoms with Crippen LogP contribution in [0, 0.1) is 23.7 Å². The Balaban J connectivity index is 2.04. The van der Waals surface area contributed by atoms with Gasteiger partial charge in [-0.1, -0.05) is 0 Å². The van der Waals surface area contributed by atoms with Crippen molar-refractivity contribution in [1.29, 1.82) is 0 Å². The first-order valence-electron chi connectivity index (χ1n) is 3.59. The fourth-order valence-corrected chi connectivity index (χ4v) is 2.40. The molecule has 4 aliphatic carbocycles. The van der Waals surface area contributed by atoms with Gasteiger partial charge in [-0.15, -0.1) is 0 Å². The molecule has 0 saturated heterocycles. The standard InChI is InChI=1S/C7H6N2O/c8-9-3-1-2-4-5(2)6(4)7(3)10/h2,4-6H,1H2. The van der Waals surface area contributed by atoms with E-state index in [2.05, 4.69) is 4.79 Å². The Bertz CT molecular complexity index is 280. The van der Waals surface area contributed by atoms with Crippen molar-refractivity contribution < 1.29 is 9.58 Å². The predicted octanol–water partition coefficient (Wildman–Crippen LogP) is 0.122. The number of ketones is 1. The minimum Gasteiger partial charge on any atom is -0.361 e. The number of rotatable bonds is 0. The summed E-state index contributed by atoms with van der Waals surface area (Å²) in [5.41, 5.74) is 8.79. The summed E-state index contributed by atoms with van der Waals surface area (Å²) in [4.78, 5) is 14.1. The van der Waals surface area contributed by atoms with Crippen LogP contribution in [0.2, 0.25) is 0 Å². The molecule has 0 radical (unpaired) electrons. The van der Waals surface area contributed by atoms with E-state index in [1.54, 1.807) is 0 Å². The molecule has 0 aliphatic heterocycles. The third-order valence-corrected chi connectivity index (χ3v) is 3.12. The van der Waals surface area contributed by atoms with Crippen LogP contribution in [0.3, 0.4) is 0 Å². The van der Waals surface area contributed by atoms with Crippen molar-refractivity contribution >= 4 is 11.5 Å². The fourth-order valence-electron chi connectivity index (χ4n) is 2.40. The Morgan fingerprint density at radius 3 is 2.70 bits per heavy atom. The van der Waals surface area contributed by atoms with Crippen LogP contribution in [0.1, 0.15) is 6.42 Å². The van der Waals surface area contributed by atoms with Gasteiger partial charge in [0, 0.05) is 5.92 Å². The molecule has 0 amide bonds. The van der Waals surface area contributed by atoms with Crippen LogP contribution in [0.4, 0.5) is 0 Å². The van der Waals surface area contributed by atoms with Gasteiger partial charge in [0.25, 0.3) is 0 Å². The van der Waals surface area contributed by atoms with Crippen LogP contribution >= 0.6 is 0 Å². The van der Waals surface area contributed by atoms with E-state index in [0.717, 1.165) is 6.42 Å². The van der Waals surface area contributed by atoms with Gasteiger partial charge in [0.2, 0.25) is 5.78 Å². The molecule has 2 atom stereocenters. The topological polar surface area (TPSA) is 53.5 Å². The highest BCUT2D eigenvalue weighted by molar-refractivity contribution is 6.41. The minimum atomic E-state index is 0.111. The maximum atomic E-state index is 11.1. The third kappa shape index (κ3) is 0.306. The number of carbonyl (C=O) groups is 1. The van der Waals surface area contributed by atoms with E-state index in [4.69, 9.17) is 5.53 Å². The van der Waals surface area contributed by atoms with Gasteiger partial charge in [0.15, 0.2) is 0 Å². The Hall–Kier alpha value is -0.950. The minimum absolute atomic E-state index is 0.111. The highest BCUT2D eigenvalue weighted by Gasteiger charge is 2.80. The molecule has 0 spiro atoms. The van der Waals surface area contributed by atoms with E-state index in [-0.39, 0.29) is 11.7 Å². The molecule has 0 N–H and O–H groups in total. The summed E-state index contributed by atoms with van der Waals surface area (Å²) in [6, 6.07) is 0. The van der Waals surface area contributed by atoms with Gasteiger partial charge in [-0.2, -0.15) is 4.79 Å². The molecule has 2 bridgehead atoms. The molecule has 0 aromatic rings. The van der Waals surface area contributed by atoms with Crippen molar-refractivity contribution in [3.8, 4) is 0 Å². The van der Waals surface area contributed by atoms with Gasteiger partial charge in [-0.05, 0) is 17.8 Å². The average Bonchev–Trinajstić information content (AvgIpc) is 2.74. The van der Waals surface area contributed by atoms with Crippen molar-refractivity contribution in [3.63, 3.8) is 0 Å². The molecule has 0 aromatic heterocycles. The second-order valence-corrected chi connectivity index (χ2v) is 3.46. The van der Waals surface area contributed by atoms with Crippen molar-refractivity contribution in [2.45, 2.75) is 6.42 Å². The van der Waals surface area contributed by atoms with Crippen molar-refractivity contribution in [2.24, 2.45) is 23.7 Å². The molecule has 0 heterocycles. The first kappa shape index (κ1) is 4.80. The molecule has 50 valence electrons. The molecule has 4 saturated carbocycles. The predicted molar refractivity (Wildman–Crippen MR) is 32.2 cm³/mol. The second kappa shape index (κ2) is 1.10. The van der Waals surface area contributed by atoms with Crippen LogP contribution in [-0.4, -0.2) is 16.3 Å². The summed E-state index contributed by atoms with van der Waals surface area (Å²) in [5.74, 6) is 2.52. The highest BCUT2D eigenvalue weighted by Crippen LogP contribution is 2.76. The Morgan fingerprint density at radius 2 is 2.20 bits per heavy atom. The number of nitrogens with zero attached hydrogens (tertiary/aromatic N) is 2. The quantitative estimate of drug-likeness (QED) is 0.343. The number of Topliss-reactive ketones (excluding diaryl/α,β-unsaturated/α-hetero) is 1. The Labute approximate surface area is 57.7 Å². The van der Waals surface area contributed by atoms with E-state index in [1.807, 2.05) is 0 Å². The maximum absolute atomic E-state index is 11.1. The van der Waals surface area contributed by atoms with Gasteiger partial charge < -0.3 is 5.53 Å². The third-order valence-electron chi connectivity index (χ3n) is 3.12. The van der Waals surface area contributed by atoms with Crippen LogP contribution in [0.15, 0.2) is 0 Å². The zero-order valence-electron chi connectivity index (χ0n) is 5.32. The molecule has 0 aromatic carbocycles. The molecular weight excluding hydrogens is 128 g/mol. The molecule has 3 heteroatoms. The maximum Gasteiger partial charge on any atom is 0.335 e. The van der Waals surface area contributed by atoms with Crippen LogP contribution in [0.5, 0.6) is 0 Å². The summed E-state index contributed by atoms with van der Waals surface area (Å²) in [7, 11) is 0. The smallest absolute Gasteiger partial charge is 0.335 e. The average molecular weight is 134 g/mol. The Morgan fingerprint density at radius 1 is 1.50 bits per heavy atom. The second-order valence-electron chi connectivity index (χ2n) is 3.46. The molecular formula is C7H6N2O. The highest BCUT2D eigenvalue weighted by atomic mass is 16.1. The van der Waals surface area contributed by atoms with Gasteiger partial charge in [-0.25, -0.2) is 0 Å². The van der Waals surface area contributed by atoms with E-state index < -0.39 is 0 Å². The zero-order chi connectivity index (χ0) is 6.88. The zero-order valence-corrected chi connectivity index (χ0v) is 5.32. The lowest BCUT2D eigenvalue weighted by Crippen LogP contribution is -2.30. The fraction of sp³-hybridized carbons (Fsp3) is 0.714. The summed E-state index contributed by atoms with van der Waals surface area (Å²) in [5, 5.41) is 0. The van der Waals surface area contributed by atoms with Crippen molar-refractivity contribution in [3.05, 3.63) is 5.53 Å². The van der Waals surface area contributed by atoms with Crippen LogP contribution in [-0.2, 0) is 4.79 Å². The van der Waals surface area contributed by atoms with Gasteiger partial charge >= 0.3 is 5.71 Å². The number of fused-ring (bicyclic) bond motifs is 2. The molecule has 4 fully saturated rings. The van der Waals surface area contributed by atoms with E-state index in [0.29, 0.717) is 23.5 Å². The van der Waals surface area contributed by atoms with Gasteiger partial charge in [0.05, 0.1) is 6.42 Å². The first-order chi connectivity index (χ1) is 4.84. The number of hydrogen-bond donors (Lipinski definition) is 0. The Kier molecular flexibility index (Phi) is 0.530. The molecule has 4 rings (SSSR count). The number of hydrogen-bond acceptors (Lipinski definition) is 1. The summed E-state index contributed by atoms with van der Waals surface area (Å²) < 4.78 is 0. The SMILES string of the molecule is [N-]=[N+]=C1CC2C3C(C1=O)C23. The monoisotopic (exact) mass is 134 g/mol. The first-order valence-corrected chi connectivity index (χ1v) is 3.59. The summed E-state index contributed by atoms with van der Waals surface area (Å²) >= 11 is 0. The van der Waals surface area contributed by atoms with Crippen molar-refractivity contribution in [1.82, 2.24) is 0 Å². The van der Waals surface area contributed by atoms with Gasteiger partial charge in [0.1, 0.15) is 0 Å². The largest absolute Gasteiger partial charge is 0.361 e. The van der Waals surface area contributed by atoms with E-state index in [9.17, 15) is 4.79 Å². The lowest BCUT2D eigenvalue weighted by molar-refractivity contribution is -0.121. The van der Waals surface area contributed by atoms with E-state index in [1.165, 1.54) is 0 Å². The van der Waals surface area contributed by atoms with E-state index >= 15 is 0 Å². The molecule has 2 unspecified atom stereocenters. The summed E-state index contributed by atoms with van der Waals surface area (Å²) in [6.07, 6.45) is 0.737. The van der Waals surface area contributed by atoms with Crippen molar-refractivity contribution in [2.75, 3.05) is 0 Å². The lowest BCUT2D eigenvalue weighted by atomic mass is 9.86. The number of carbonyl (C=O) groups excluding carboxylic acids is 1. The van der Waals surface area contributed by atoms with Gasteiger partial charge in [-0.3, -0.25) is 4.79 Å². The molecule has 10 heavy (non-hydrogen) atoms. The van der Waals surface area contributed by atoms with Crippen LogP contribution in [0.25, 0.3) is 5.53 Å². The normalized spacial score (nSPS) is 53.6. The molecule has 4 aliphatic rings. The lowest BCUT2D eigenvalue weighted by Gasteiger charge is -2.12. The summed E-state index contributed by atoms with van der Waals surface area (Å²) in [6.45, 7) is 0. The van der Waals surface area contributed by atoms with Crippen LogP contribution < -0.4 is 0 Å². The molecule has 3 nitrogen and oxygen atoms in total.